The second-order valence-electron chi connectivity index (χ2n) is 3.26. The molecule has 10 heavy (non-hydrogen) atoms. The van der Waals surface area contributed by atoms with E-state index in [1.807, 2.05) is 0 Å². The molecule has 0 amide bonds. The van der Waals surface area contributed by atoms with Gasteiger partial charge in [-0.25, -0.2) is 8.78 Å². The standard InChI is InChI=1S/C8H14F2/c1-6-5-7(9)3-2-4-8(6)10/h6-8H,2-5H2,1H3/t6-,7+,8-/m0/s1. The van der Waals surface area contributed by atoms with Gasteiger partial charge in [0.1, 0.15) is 12.3 Å². The van der Waals surface area contributed by atoms with Crippen LogP contribution >= 0.6 is 0 Å². The van der Waals surface area contributed by atoms with Crippen molar-refractivity contribution in [2.75, 3.05) is 0 Å². The van der Waals surface area contributed by atoms with Gasteiger partial charge in [-0.1, -0.05) is 6.92 Å². The molecule has 0 nitrogen and oxygen atoms in total. The molecule has 3 atom stereocenters. The fourth-order valence-electron chi connectivity index (χ4n) is 1.49. The molecule has 0 heterocycles. The topological polar surface area (TPSA) is 0 Å². The van der Waals surface area contributed by atoms with Gasteiger partial charge < -0.3 is 0 Å². The molecule has 1 aliphatic rings. The molecule has 0 aliphatic heterocycles. The molecule has 0 aromatic carbocycles. The Kier molecular flexibility index (Phi) is 2.64. The van der Waals surface area contributed by atoms with Crippen molar-refractivity contribution in [3.05, 3.63) is 0 Å². The predicted molar refractivity (Wildman–Crippen MR) is 37.4 cm³/mol. The molecule has 0 spiro atoms. The molecular formula is C8H14F2. The van der Waals surface area contributed by atoms with E-state index in [1.54, 1.807) is 6.92 Å². The number of hydrogen-bond acceptors (Lipinski definition) is 0. The van der Waals surface area contributed by atoms with Gasteiger partial charge in [0.2, 0.25) is 0 Å². The Labute approximate surface area is 60.6 Å². The summed E-state index contributed by atoms with van der Waals surface area (Å²) in [6.07, 6.45) is 0.733. The minimum atomic E-state index is -0.763. The third-order valence-electron chi connectivity index (χ3n) is 2.24. The second kappa shape index (κ2) is 3.31. The Bertz CT molecular complexity index is 103. The Morgan fingerprint density at radius 2 is 1.90 bits per heavy atom. The first-order valence-electron chi connectivity index (χ1n) is 3.98. The van der Waals surface area contributed by atoms with E-state index in [1.165, 1.54) is 0 Å². The zero-order chi connectivity index (χ0) is 7.56. The lowest BCUT2D eigenvalue weighted by Gasteiger charge is -2.12. The van der Waals surface area contributed by atoms with Crippen molar-refractivity contribution in [1.82, 2.24) is 0 Å². The monoisotopic (exact) mass is 148 g/mol. The summed E-state index contributed by atoms with van der Waals surface area (Å²) < 4.78 is 25.5. The van der Waals surface area contributed by atoms with Crippen LogP contribution in [0.4, 0.5) is 8.78 Å². The number of alkyl halides is 2. The van der Waals surface area contributed by atoms with Gasteiger partial charge in [-0.05, 0) is 31.6 Å². The van der Waals surface area contributed by atoms with Gasteiger partial charge in [0.25, 0.3) is 0 Å². The molecule has 0 unspecified atom stereocenters. The van der Waals surface area contributed by atoms with E-state index < -0.39 is 12.3 Å². The van der Waals surface area contributed by atoms with Gasteiger partial charge in [0.15, 0.2) is 0 Å². The maximum absolute atomic E-state index is 12.8. The van der Waals surface area contributed by atoms with Gasteiger partial charge >= 0.3 is 0 Å². The van der Waals surface area contributed by atoms with E-state index in [9.17, 15) is 8.78 Å². The summed E-state index contributed by atoms with van der Waals surface area (Å²) in [5.41, 5.74) is 0. The number of rotatable bonds is 0. The fourth-order valence-corrected chi connectivity index (χ4v) is 1.49. The highest BCUT2D eigenvalue weighted by atomic mass is 19.1. The zero-order valence-corrected chi connectivity index (χ0v) is 6.32. The normalized spacial score (nSPS) is 42.9. The highest BCUT2D eigenvalue weighted by Crippen LogP contribution is 2.27. The average Bonchev–Trinajstić information content (AvgIpc) is 1.96. The summed E-state index contributed by atoms with van der Waals surface area (Å²) in [5.74, 6) is -0.0718. The largest absolute Gasteiger partial charge is 0.247 e. The van der Waals surface area contributed by atoms with Crippen LogP contribution in [-0.2, 0) is 0 Å². The first kappa shape index (κ1) is 7.96. The molecular weight excluding hydrogens is 134 g/mol. The smallest absolute Gasteiger partial charge is 0.103 e. The lowest BCUT2D eigenvalue weighted by atomic mass is 10.0. The van der Waals surface area contributed by atoms with Gasteiger partial charge in [-0.15, -0.1) is 0 Å². The van der Waals surface area contributed by atoms with E-state index in [-0.39, 0.29) is 5.92 Å². The van der Waals surface area contributed by atoms with Crippen molar-refractivity contribution in [2.24, 2.45) is 5.92 Å². The molecule has 0 aromatic rings. The molecule has 2 heteroatoms. The third kappa shape index (κ3) is 1.93. The first-order valence-corrected chi connectivity index (χ1v) is 3.98. The molecule has 1 rings (SSSR count). The minimum absolute atomic E-state index is 0.0718. The lowest BCUT2D eigenvalue weighted by molar-refractivity contribution is 0.203. The first-order chi connectivity index (χ1) is 4.70. The highest BCUT2D eigenvalue weighted by Gasteiger charge is 2.24. The maximum atomic E-state index is 12.8. The summed E-state index contributed by atoms with van der Waals surface area (Å²) in [6.45, 7) is 1.79. The molecule has 1 fully saturated rings. The van der Waals surface area contributed by atoms with Crippen LogP contribution in [0.25, 0.3) is 0 Å². The van der Waals surface area contributed by atoms with Crippen LogP contribution in [0.5, 0.6) is 0 Å². The molecule has 1 saturated carbocycles. The summed E-state index contributed by atoms with van der Waals surface area (Å²) in [6, 6.07) is 0. The molecule has 1 aliphatic carbocycles. The molecule has 0 N–H and O–H groups in total. The molecule has 0 bridgehead atoms. The van der Waals surface area contributed by atoms with E-state index >= 15 is 0 Å². The summed E-state index contributed by atoms with van der Waals surface area (Å²) in [7, 11) is 0. The summed E-state index contributed by atoms with van der Waals surface area (Å²) in [5, 5.41) is 0. The Morgan fingerprint density at radius 1 is 1.20 bits per heavy atom. The fraction of sp³-hybridized carbons (Fsp3) is 1.00. The quantitative estimate of drug-likeness (QED) is 0.463. The van der Waals surface area contributed by atoms with E-state index in [0.717, 1.165) is 0 Å². The van der Waals surface area contributed by atoms with Crippen LogP contribution in [0.3, 0.4) is 0 Å². The molecule has 0 saturated heterocycles. The van der Waals surface area contributed by atoms with E-state index in [0.29, 0.717) is 25.7 Å². The van der Waals surface area contributed by atoms with Crippen LogP contribution < -0.4 is 0 Å². The van der Waals surface area contributed by atoms with E-state index in [4.69, 9.17) is 0 Å². The van der Waals surface area contributed by atoms with Crippen molar-refractivity contribution in [3.63, 3.8) is 0 Å². The van der Waals surface area contributed by atoms with E-state index in [2.05, 4.69) is 0 Å². The minimum Gasteiger partial charge on any atom is -0.247 e. The van der Waals surface area contributed by atoms with Gasteiger partial charge in [-0.3, -0.25) is 0 Å². The van der Waals surface area contributed by atoms with Crippen molar-refractivity contribution in [2.45, 2.75) is 45.0 Å². The number of hydrogen-bond donors (Lipinski definition) is 0. The van der Waals surface area contributed by atoms with Crippen LogP contribution in [0, 0.1) is 5.92 Å². The van der Waals surface area contributed by atoms with Gasteiger partial charge in [0, 0.05) is 0 Å². The predicted octanol–water partition coefficient (Wildman–Crippen LogP) is 2.87. The molecule has 0 radical (unpaired) electrons. The lowest BCUT2D eigenvalue weighted by Crippen LogP contribution is -2.12. The second-order valence-corrected chi connectivity index (χ2v) is 3.26. The summed E-state index contributed by atoms with van der Waals surface area (Å²) >= 11 is 0. The van der Waals surface area contributed by atoms with Gasteiger partial charge in [0.05, 0.1) is 0 Å². The Balaban J connectivity index is 2.41. The van der Waals surface area contributed by atoms with Crippen LogP contribution in [0.2, 0.25) is 0 Å². The van der Waals surface area contributed by atoms with Crippen molar-refractivity contribution in [1.29, 1.82) is 0 Å². The SMILES string of the molecule is C[C@H]1C[C@H](F)CCC[C@@H]1F. The van der Waals surface area contributed by atoms with Crippen molar-refractivity contribution < 1.29 is 8.78 Å². The summed E-state index contributed by atoms with van der Waals surface area (Å²) in [4.78, 5) is 0. The average molecular weight is 148 g/mol. The zero-order valence-electron chi connectivity index (χ0n) is 6.32. The molecule has 0 aromatic heterocycles. The third-order valence-corrected chi connectivity index (χ3v) is 2.24. The van der Waals surface area contributed by atoms with Gasteiger partial charge in [-0.2, -0.15) is 0 Å². The Hall–Kier alpha value is -0.140. The number of halogens is 2. The maximum Gasteiger partial charge on any atom is 0.103 e. The van der Waals surface area contributed by atoms with Crippen molar-refractivity contribution >= 4 is 0 Å². The highest BCUT2D eigenvalue weighted by molar-refractivity contribution is 4.74. The molecule has 60 valence electrons. The van der Waals surface area contributed by atoms with Crippen LogP contribution in [-0.4, -0.2) is 12.3 Å². The van der Waals surface area contributed by atoms with Crippen molar-refractivity contribution in [3.8, 4) is 0 Å². The van der Waals surface area contributed by atoms with Crippen LogP contribution in [0.15, 0.2) is 0 Å². The van der Waals surface area contributed by atoms with Crippen LogP contribution in [0.1, 0.15) is 32.6 Å². The Morgan fingerprint density at radius 3 is 2.60 bits per heavy atom.